The summed E-state index contributed by atoms with van der Waals surface area (Å²) in [5.41, 5.74) is 8.30. The van der Waals surface area contributed by atoms with Crippen LogP contribution < -0.4 is 10.5 Å². The van der Waals surface area contributed by atoms with Gasteiger partial charge in [0.1, 0.15) is 5.75 Å². The smallest absolute Gasteiger partial charge is 0.122 e. The van der Waals surface area contributed by atoms with E-state index in [1.165, 1.54) is 15.4 Å². The summed E-state index contributed by atoms with van der Waals surface area (Å²) in [4.78, 5) is 5.91. The van der Waals surface area contributed by atoms with E-state index in [0.717, 1.165) is 24.3 Å². The average Bonchev–Trinajstić information content (AvgIpc) is 2.77. The molecule has 3 nitrogen and oxygen atoms in total. The number of nitrogens with two attached hydrogens (primary N) is 1. The van der Waals surface area contributed by atoms with Crippen LogP contribution in [-0.2, 0) is 12.8 Å². The van der Waals surface area contributed by atoms with Gasteiger partial charge >= 0.3 is 0 Å². The van der Waals surface area contributed by atoms with Gasteiger partial charge in [0, 0.05) is 11.3 Å². The van der Waals surface area contributed by atoms with E-state index in [9.17, 15) is 0 Å². The number of rotatable bonds is 6. The van der Waals surface area contributed by atoms with E-state index in [0.29, 0.717) is 12.5 Å². The molecular formula is C16H22N2OS. The van der Waals surface area contributed by atoms with E-state index in [2.05, 4.69) is 24.9 Å². The predicted octanol–water partition coefficient (Wildman–Crippen LogP) is 3.13. The van der Waals surface area contributed by atoms with Gasteiger partial charge in [-0.1, -0.05) is 18.2 Å². The highest BCUT2D eigenvalue weighted by molar-refractivity contribution is 7.11. The van der Waals surface area contributed by atoms with Gasteiger partial charge in [-0.2, -0.15) is 0 Å². The first-order valence-corrected chi connectivity index (χ1v) is 7.70. The van der Waals surface area contributed by atoms with Gasteiger partial charge in [0.05, 0.1) is 17.8 Å². The topological polar surface area (TPSA) is 48.1 Å². The van der Waals surface area contributed by atoms with Crippen molar-refractivity contribution < 1.29 is 4.74 Å². The van der Waals surface area contributed by atoms with Crippen molar-refractivity contribution in [1.29, 1.82) is 0 Å². The monoisotopic (exact) mass is 290 g/mol. The summed E-state index contributed by atoms with van der Waals surface area (Å²) >= 11 is 1.78. The largest absolute Gasteiger partial charge is 0.496 e. The molecule has 0 saturated heterocycles. The Hall–Kier alpha value is -1.39. The fourth-order valence-corrected chi connectivity index (χ4v) is 3.34. The maximum atomic E-state index is 5.94. The van der Waals surface area contributed by atoms with Gasteiger partial charge in [-0.15, -0.1) is 11.3 Å². The van der Waals surface area contributed by atoms with Crippen molar-refractivity contribution in [1.82, 2.24) is 4.98 Å². The fraction of sp³-hybridized carbons (Fsp3) is 0.438. The quantitative estimate of drug-likeness (QED) is 0.889. The van der Waals surface area contributed by atoms with E-state index >= 15 is 0 Å². The number of para-hydroxylation sites is 1. The zero-order valence-electron chi connectivity index (χ0n) is 12.3. The van der Waals surface area contributed by atoms with Crippen LogP contribution in [0.3, 0.4) is 0 Å². The van der Waals surface area contributed by atoms with Crippen molar-refractivity contribution >= 4 is 11.3 Å². The van der Waals surface area contributed by atoms with E-state index in [1.807, 2.05) is 18.2 Å². The number of thiazole rings is 1. The molecule has 0 amide bonds. The Bertz CT molecular complexity index is 546. The third-order valence-electron chi connectivity index (χ3n) is 3.57. The molecule has 0 spiro atoms. The lowest BCUT2D eigenvalue weighted by Gasteiger charge is -2.15. The number of hydrogen-bond acceptors (Lipinski definition) is 4. The Morgan fingerprint density at radius 2 is 2.00 bits per heavy atom. The molecule has 20 heavy (non-hydrogen) atoms. The first-order valence-electron chi connectivity index (χ1n) is 6.89. The molecule has 0 aliphatic carbocycles. The first kappa shape index (κ1) is 15.0. The van der Waals surface area contributed by atoms with Gasteiger partial charge < -0.3 is 10.5 Å². The molecule has 1 aromatic carbocycles. The van der Waals surface area contributed by atoms with E-state index in [4.69, 9.17) is 10.5 Å². The Morgan fingerprint density at radius 1 is 1.25 bits per heavy atom. The first-order chi connectivity index (χ1) is 9.63. The normalized spacial score (nSPS) is 12.4. The van der Waals surface area contributed by atoms with Gasteiger partial charge in [0.2, 0.25) is 0 Å². The number of aryl methyl sites for hydroxylation is 2. The number of ether oxygens (including phenoxy) is 1. The summed E-state index contributed by atoms with van der Waals surface area (Å²) < 4.78 is 5.41. The minimum atomic E-state index is 0.399. The maximum absolute atomic E-state index is 5.94. The van der Waals surface area contributed by atoms with Crippen LogP contribution in [0.4, 0.5) is 0 Å². The maximum Gasteiger partial charge on any atom is 0.122 e. The molecule has 4 heteroatoms. The molecule has 2 rings (SSSR count). The zero-order chi connectivity index (χ0) is 14.5. The fourth-order valence-electron chi connectivity index (χ4n) is 2.29. The SMILES string of the molecule is COc1ccccc1CC(CN)Cc1nc(C)c(C)s1. The summed E-state index contributed by atoms with van der Waals surface area (Å²) in [7, 11) is 1.71. The van der Waals surface area contributed by atoms with Crippen molar-refractivity contribution in [3.63, 3.8) is 0 Å². The minimum absolute atomic E-state index is 0.399. The molecule has 1 aromatic heterocycles. The second-order valence-electron chi connectivity index (χ2n) is 5.07. The molecule has 1 heterocycles. The summed E-state index contributed by atoms with van der Waals surface area (Å²) in [5.74, 6) is 1.34. The van der Waals surface area contributed by atoms with Gasteiger partial charge in [-0.05, 0) is 44.4 Å². The molecule has 108 valence electrons. The molecule has 2 N–H and O–H groups in total. The van der Waals surface area contributed by atoms with Crippen LogP contribution in [0.1, 0.15) is 21.1 Å². The number of benzene rings is 1. The van der Waals surface area contributed by atoms with E-state index in [-0.39, 0.29) is 0 Å². The van der Waals surface area contributed by atoms with Crippen LogP contribution in [0, 0.1) is 19.8 Å². The van der Waals surface area contributed by atoms with Crippen molar-refractivity contribution in [3.05, 3.63) is 45.4 Å². The molecule has 1 atom stereocenters. The molecule has 2 aromatic rings. The Kier molecular flexibility index (Phi) is 5.15. The lowest BCUT2D eigenvalue weighted by atomic mass is 9.96. The highest BCUT2D eigenvalue weighted by atomic mass is 32.1. The number of aromatic nitrogens is 1. The van der Waals surface area contributed by atoms with Crippen molar-refractivity contribution in [3.8, 4) is 5.75 Å². The number of nitrogens with zero attached hydrogens (tertiary/aromatic N) is 1. The van der Waals surface area contributed by atoms with Crippen molar-refractivity contribution in [2.24, 2.45) is 11.7 Å². The Labute approximate surface area is 124 Å². The molecule has 0 fully saturated rings. The highest BCUT2D eigenvalue weighted by Crippen LogP contribution is 2.24. The lowest BCUT2D eigenvalue weighted by molar-refractivity contribution is 0.404. The van der Waals surface area contributed by atoms with Crippen LogP contribution in [-0.4, -0.2) is 18.6 Å². The second-order valence-corrected chi connectivity index (χ2v) is 6.36. The lowest BCUT2D eigenvalue weighted by Crippen LogP contribution is -2.19. The summed E-state index contributed by atoms with van der Waals surface area (Å²) in [6.45, 7) is 4.84. The van der Waals surface area contributed by atoms with E-state index in [1.54, 1.807) is 18.4 Å². The van der Waals surface area contributed by atoms with Crippen LogP contribution in [0.15, 0.2) is 24.3 Å². The molecule has 1 unspecified atom stereocenters. The molecule has 0 aliphatic rings. The van der Waals surface area contributed by atoms with Gasteiger partial charge in [-0.25, -0.2) is 4.98 Å². The Morgan fingerprint density at radius 3 is 2.60 bits per heavy atom. The summed E-state index contributed by atoms with van der Waals surface area (Å²) in [5, 5.41) is 1.19. The number of methoxy groups -OCH3 is 1. The molecular weight excluding hydrogens is 268 g/mol. The minimum Gasteiger partial charge on any atom is -0.496 e. The molecule has 0 aliphatic heterocycles. The van der Waals surface area contributed by atoms with Crippen LogP contribution in [0.25, 0.3) is 0 Å². The van der Waals surface area contributed by atoms with Gasteiger partial charge in [0.25, 0.3) is 0 Å². The zero-order valence-corrected chi connectivity index (χ0v) is 13.2. The van der Waals surface area contributed by atoms with E-state index < -0.39 is 0 Å². The highest BCUT2D eigenvalue weighted by Gasteiger charge is 2.14. The average molecular weight is 290 g/mol. The predicted molar refractivity (Wildman–Crippen MR) is 84.5 cm³/mol. The van der Waals surface area contributed by atoms with Crippen LogP contribution >= 0.6 is 11.3 Å². The summed E-state index contributed by atoms with van der Waals surface area (Å²) in [6.07, 6.45) is 1.87. The standard InChI is InChI=1S/C16H22N2OS/c1-11-12(2)20-16(18-11)9-13(10-17)8-14-6-4-5-7-15(14)19-3/h4-7,13H,8-10,17H2,1-3H3. The second kappa shape index (κ2) is 6.86. The molecule has 0 bridgehead atoms. The van der Waals surface area contributed by atoms with Gasteiger partial charge in [0.15, 0.2) is 0 Å². The third kappa shape index (κ3) is 3.58. The molecule has 0 saturated carbocycles. The molecule has 0 radical (unpaired) electrons. The van der Waals surface area contributed by atoms with Crippen LogP contribution in [0.2, 0.25) is 0 Å². The van der Waals surface area contributed by atoms with Gasteiger partial charge in [-0.3, -0.25) is 0 Å². The number of hydrogen-bond donors (Lipinski definition) is 1. The Balaban J connectivity index is 2.09. The van der Waals surface area contributed by atoms with Crippen molar-refractivity contribution in [2.45, 2.75) is 26.7 Å². The van der Waals surface area contributed by atoms with Crippen LogP contribution in [0.5, 0.6) is 5.75 Å². The summed E-state index contributed by atoms with van der Waals surface area (Å²) in [6, 6.07) is 8.15. The van der Waals surface area contributed by atoms with Crippen molar-refractivity contribution in [2.75, 3.05) is 13.7 Å². The third-order valence-corrected chi connectivity index (χ3v) is 4.67.